The van der Waals surface area contributed by atoms with Crippen molar-refractivity contribution in [1.82, 2.24) is 0 Å². The normalized spacial score (nSPS) is 11.0. The van der Waals surface area contributed by atoms with Crippen LogP contribution in [0.3, 0.4) is 0 Å². The highest BCUT2D eigenvalue weighted by atomic mass is 32.2. The van der Waals surface area contributed by atoms with E-state index in [9.17, 15) is 8.42 Å². The smallest absolute Gasteiger partial charge is 0.236 e. The number of hydrogen-bond donors (Lipinski definition) is 1. The van der Waals surface area contributed by atoms with E-state index in [2.05, 4.69) is 4.72 Å². The average molecular weight is 353 g/mol. The molecule has 0 spiro atoms. The van der Waals surface area contributed by atoms with Crippen molar-refractivity contribution in [3.63, 3.8) is 0 Å². The van der Waals surface area contributed by atoms with Crippen molar-refractivity contribution >= 4 is 15.7 Å². The molecule has 0 heterocycles. The molecule has 0 aliphatic rings. The van der Waals surface area contributed by atoms with Gasteiger partial charge in [-0.2, -0.15) is 0 Å². The topological polar surface area (TPSA) is 55.4 Å². The maximum absolute atomic E-state index is 12.4. The standard InChI is InChI=1S/C20H19NO3S/c22-25(23,16-15-24-18-11-5-2-6-12-18)21-20-14-8-7-13-19(20)17-9-3-1-4-10-17/h1-14,21H,15-16H2. The van der Waals surface area contributed by atoms with Gasteiger partial charge >= 0.3 is 0 Å². The Morgan fingerprint density at radius 1 is 0.760 bits per heavy atom. The Balaban J connectivity index is 1.69. The molecule has 25 heavy (non-hydrogen) atoms. The van der Waals surface area contributed by atoms with E-state index in [1.807, 2.05) is 66.7 Å². The number of ether oxygens (including phenoxy) is 1. The van der Waals surface area contributed by atoms with Crippen molar-refractivity contribution in [2.24, 2.45) is 0 Å². The van der Waals surface area contributed by atoms with Crippen molar-refractivity contribution in [2.45, 2.75) is 0 Å². The summed E-state index contributed by atoms with van der Waals surface area (Å²) >= 11 is 0. The van der Waals surface area contributed by atoms with Crippen LogP contribution < -0.4 is 9.46 Å². The summed E-state index contributed by atoms with van der Waals surface area (Å²) in [6.45, 7) is 0.0901. The first-order valence-electron chi connectivity index (χ1n) is 7.97. The molecule has 0 aromatic heterocycles. The number of anilines is 1. The number of rotatable bonds is 7. The summed E-state index contributed by atoms with van der Waals surface area (Å²) in [6, 6.07) is 26.2. The Morgan fingerprint density at radius 2 is 1.36 bits per heavy atom. The van der Waals surface area contributed by atoms with E-state index in [1.165, 1.54) is 0 Å². The predicted molar refractivity (Wildman–Crippen MR) is 101 cm³/mol. The van der Waals surface area contributed by atoms with E-state index >= 15 is 0 Å². The van der Waals surface area contributed by atoms with E-state index in [1.54, 1.807) is 18.2 Å². The Kier molecular flexibility index (Phi) is 5.36. The lowest BCUT2D eigenvalue weighted by Crippen LogP contribution is -2.21. The van der Waals surface area contributed by atoms with Crippen molar-refractivity contribution in [3.05, 3.63) is 84.9 Å². The fraction of sp³-hybridized carbons (Fsp3) is 0.100. The van der Waals surface area contributed by atoms with Gasteiger partial charge in [-0.15, -0.1) is 0 Å². The summed E-state index contributed by atoms with van der Waals surface area (Å²) < 4.78 is 32.9. The van der Waals surface area contributed by atoms with E-state index in [4.69, 9.17) is 4.74 Å². The summed E-state index contributed by atoms with van der Waals surface area (Å²) in [5.41, 5.74) is 2.37. The molecule has 0 bridgehead atoms. The number of para-hydroxylation sites is 2. The van der Waals surface area contributed by atoms with Crippen LogP contribution in [0.1, 0.15) is 0 Å². The van der Waals surface area contributed by atoms with Crippen molar-refractivity contribution in [1.29, 1.82) is 0 Å². The molecular formula is C20H19NO3S. The number of nitrogens with one attached hydrogen (secondary N) is 1. The van der Waals surface area contributed by atoms with Crippen LogP contribution in [0, 0.1) is 0 Å². The van der Waals surface area contributed by atoms with Crippen LogP contribution in [0.2, 0.25) is 0 Å². The molecule has 0 unspecified atom stereocenters. The molecule has 0 atom stereocenters. The van der Waals surface area contributed by atoms with Crippen LogP contribution in [0.15, 0.2) is 84.9 Å². The lowest BCUT2D eigenvalue weighted by molar-refractivity contribution is 0.341. The zero-order valence-corrected chi connectivity index (χ0v) is 14.4. The zero-order valence-electron chi connectivity index (χ0n) is 13.6. The lowest BCUT2D eigenvalue weighted by atomic mass is 10.0. The fourth-order valence-electron chi connectivity index (χ4n) is 2.45. The number of hydrogen-bond acceptors (Lipinski definition) is 3. The average Bonchev–Trinajstić information content (AvgIpc) is 2.63. The second kappa shape index (κ2) is 7.85. The molecule has 0 radical (unpaired) electrons. The van der Waals surface area contributed by atoms with E-state index < -0.39 is 10.0 Å². The van der Waals surface area contributed by atoms with Crippen LogP contribution >= 0.6 is 0 Å². The van der Waals surface area contributed by atoms with Crippen LogP contribution in [-0.4, -0.2) is 20.8 Å². The maximum atomic E-state index is 12.4. The summed E-state index contributed by atoms with van der Waals surface area (Å²) in [5, 5.41) is 0. The Morgan fingerprint density at radius 3 is 2.08 bits per heavy atom. The SMILES string of the molecule is O=S(=O)(CCOc1ccccc1)Nc1ccccc1-c1ccccc1. The highest BCUT2D eigenvalue weighted by Crippen LogP contribution is 2.28. The summed E-state index contributed by atoms with van der Waals surface area (Å²) in [7, 11) is -3.51. The second-order valence-electron chi connectivity index (χ2n) is 5.49. The van der Waals surface area contributed by atoms with Crippen molar-refractivity contribution in [3.8, 4) is 16.9 Å². The lowest BCUT2D eigenvalue weighted by Gasteiger charge is -2.13. The van der Waals surface area contributed by atoms with Gasteiger partial charge in [-0.25, -0.2) is 8.42 Å². The highest BCUT2D eigenvalue weighted by Gasteiger charge is 2.14. The molecule has 0 aliphatic heterocycles. The van der Waals surface area contributed by atoms with Crippen molar-refractivity contribution < 1.29 is 13.2 Å². The van der Waals surface area contributed by atoms with Crippen LogP contribution in [-0.2, 0) is 10.0 Å². The van der Waals surface area contributed by atoms with Crippen LogP contribution in [0.25, 0.3) is 11.1 Å². The Bertz CT molecular complexity index is 910. The summed E-state index contributed by atoms with van der Waals surface area (Å²) in [6.07, 6.45) is 0. The van der Waals surface area contributed by atoms with Gasteiger partial charge in [0.25, 0.3) is 0 Å². The van der Waals surface area contributed by atoms with E-state index in [0.29, 0.717) is 11.4 Å². The van der Waals surface area contributed by atoms with Gasteiger partial charge in [0.15, 0.2) is 0 Å². The zero-order chi connectivity index (χ0) is 17.5. The van der Waals surface area contributed by atoms with Gasteiger partial charge in [0.05, 0.1) is 5.69 Å². The molecule has 1 N–H and O–H groups in total. The van der Waals surface area contributed by atoms with Crippen LogP contribution in [0.5, 0.6) is 5.75 Å². The van der Waals surface area contributed by atoms with E-state index in [-0.39, 0.29) is 12.4 Å². The van der Waals surface area contributed by atoms with Gasteiger partial charge in [-0.3, -0.25) is 4.72 Å². The molecule has 0 fully saturated rings. The Hall–Kier alpha value is -2.79. The fourth-order valence-corrected chi connectivity index (χ4v) is 3.36. The first-order chi connectivity index (χ1) is 12.1. The van der Waals surface area contributed by atoms with Gasteiger partial charge in [0.1, 0.15) is 18.1 Å². The Labute approximate surface area is 148 Å². The third kappa shape index (κ3) is 4.84. The minimum atomic E-state index is -3.51. The molecule has 0 saturated carbocycles. The third-order valence-electron chi connectivity index (χ3n) is 3.64. The molecule has 3 rings (SSSR count). The minimum absolute atomic E-state index is 0.0901. The molecule has 128 valence electrons. The summed E-state index contributed by atoms with van der Waals surface area (Å²) in [4.78, 5) is 0. The van der Waals surface area contributed by atoms with Gasteiger partial charge in [-0.05, 0) is 23.8 Å². The summed E-state index contributed by atoms with van der Waals surface area (Å²) in [5.74, 6) is 0.535. The van der Waals surface area contributed by atoms with E-state index in [0.717, 1.165) is 11.1 Å². The molecule has 3 aromatic carbocycles. The number of benzene rings is 3. The minimum Gasteiger partial charge on any atom is -0.492 e. The number of sulfonamides is 1. The quantitative estimate of drug-likeness (QED) is 0.693. The molecule has 0 aliphatic carbocycles. The first-order valence-corrected chi connectivity index (χ1v) is 9.62. The third-order valence-corrected chi connectivity index (χ3v) is 4.88. The first kappa shape index (κ1) is 17.0. The largest absolute Gasteiger partial charge is 0.492 e. The van der Waals surface area contributed by atoms with Crippen LogP contribution in [0.4, 0.5) is 5.69 Å². The van der Waals surface area contributed by atoms with Crippen molar-refractivity contribution in [2.75, 3.05) is 17.1 Å². The van der Waals surface area contributed by atoms with Gasteiger partial charge in [-0.1, -0.05) is 66.7 Å². The van der Waals surface area contributed by atoms with Gasteiger partial charge in [0, 0.05) is 5.56 Å². The second-order valence-corrected chi connectivity index (χ2v) is 7.34. The molecule has 3 aromatic rings. The monoisotopic (exact) mass is 353 g/mol. The molecule has 5 heteroatoms. The van der Waals surface area contributed by atoms with Gasteiger partial charge < -0.3 is 4.74 Å². The molecule has 0 amide bonds. The van der Waals surface area contributed by atoms with Gasteiger partial charge in [0.2, 0.25) is 10.0 Å². The maximum Gasteiger partial charge on any atom is 0.236 e. The molecule has 0 saturated heterocycles. The highest BCUT2D eigenvalue weighted by molar-refractivity contribution is 7.92. The molecule has 4 nitrogen and oxygen atoms in total. The predicted octanol–water partition coefficient (Wildman–Crippen LogP) is 4.17. The molecular weight excluding hydrogens is 334 g/mol.